The number of carbonyl (C=O) groups excluding carboxylic acids is 2. The first-order chi connectivity index (χ1) is 8.58. The molecule has 0 spiro atoms. The average Bonchev–Trinajstić information content (AvgIpc) is 2.36. The van der Waals surface area contributed by atoms with Gasteiger partial charge in [-0.25, -0.2) is 4.79 Å². The van der Waals surface area contributed by atoms with E-state index in [4.69, 9.17) is 5.73 Å². The average molecular weight is 254 g/mol. The van der Waals surface area contributed by atoms with Crippen LogP contribution in [0.2, 0.25) is 0 Å². The van der Waals surface area contributed by atoms with Gasteiger partial charge in [0.2, 0.25) is 0 Å². The second-order valence-electron chi connectivity index (χ2n) is 5.78. The topological polar surface area (TPSA) is 76.6 Å². The Morgan fingerprint density at radius 2 is 1.89 bits per heavy atom. The molecule has 18 heavy (non-hydrogen) atoms. The maximum Gasteiger partial charge on any atom is 0.319 e. The lowest BCUT2D eigenvalue weighted by Crippen LogP contribution is -3.18. The summed E-state index contributed by atoms with van der Waals surface area (Å²) in [6, 6.07) is -0.931. The minimum absolute atomic E-state index is 0.180. The summed E-state index contributed by atoms with van der Waals surface area (Å²) in [6.07, 6.45) is 6.58. The van der Waals surface area contributed by atoms with Crippen LogP contribution in [0.3, 0.4) is 0 Å². The summed E-state index contributed by atoms with van der Waals surface area (Å²) in [5, 5.41) is 2.19. The van der Waals surface area contributed by atoms with Gasteiger partial charge in [-0.2, -0.15) is 0 Å². The number of quaternary nitrogens is 1. The number of piperidine rings is 1. The predicted molar refractivity (Wildman–Crippen MR) is 67.9 cm³/mol. The molecule has 3 amide bonds. The fraction of sp³-hybridized carbons (Fsp3) is 0.846. The Kier molecular flexibility index (Phi) is 4.22. The number of hydrogen-bond donors (Lipinski definition) is 3. The van der Waals surface area contributed by atoms with Gasteiger partial charge in [0.1, 0.15) is 0 Å². The lowest BCUT2D eigenvalue weighted by molar-refractivity contribution is -0.924. The van der Waals surface area contributed by atoms with Crippen LogP contribution in [0.5, 0.6) is 0 Å². The molecule has 2 rings (SSSR count). The molecular weight excluding hydrogens is 230 g/mol. The van der Waals surface area contributed by atoms with Crippen LogP contribution in [0.25, 0.3) is 0 Å². The minimum Gasteiger partial charge on any atom is -0.351 e. The van der Waals surface area contributed by atoms with Gasteiger partial charge in [0.05, 0.1) is 13.1 Å². The largest absolute Gasteiger partial charge is 0.351 e. The van der Waals surface area contributed by atoms with E-state index in [-0.39, 0.29) is 11.9 Å². The molecule has 102 valence electrons. The van der Waals surface area contributed by atoms with Gasteiger partial charge in [-0.1, -0.05) is 12.8 Å². The number of rotatable bonds is 2. The Balaban J connectivity index is 1.89. The molecule has 1 unspecified atom stereocenters. The molecule has 2 aliphatic rings. The molecule has 1 saturated heterocycles. The SMILES string of the molecule is C[C@@H](C(=O)NC(N)=O)[NH+]1CC[C@@H]2CCCC[C@@H]2C1. The van der Waals surface area contributed by atoms with Crippen LogP contribution < -0.4 is 16.0 Å². The first kappa shape index (κ1) is 13.3. The van der Waals surface area contributed by atoms with Crippen LogP contribution >= 0.6 is 0 Å². The molecule has 1 saturated carbocycles. The molecule has 4 N–H and O–H groups in total. The number of imide groups is 1. The number of nitrogens with one attached hydrogen (secondary N) is 2. The standard InChI is InChI=1S/C13H23N3O2/c1-9(12(17)15-13(14)18)16-7-6-10-4-2-3-5-11(10)8-16/h9-11H,2-8H2,1H3,(H3,14,15,17,18)/p+1/t9-,10-,11+/m0/s1. The number of fused-ring (bicyclic) bond motifs is 1. The summed E-state index contributed by atoms with van der Waals surface area (Å²) < 4.78 is 0. The van der Waals surface area contributed by atoms with Crippen molar-refractivity contribution < 1.29 is 14.5 Å². The van der Waals surface area contributed by atoms with E-state index in [0.29, 0.717) is 0 Å². The third-order valence-corrected chi connectivity index (χ3v) is 4.68. The Labute approximate surface area is 108 Å². The normalized spacial score (nSPS) is 33.3. The van der Waals surface area contributed by atoms with Gasteiger partial charge in [0.15, 0.2) is 6.04 Å². The summed E-state index contributed by atoms with van der Waals surface area (Å²) in [5.41, 5.74) is 4.99. The van der Waals surface area contributed by atoms with E-state index < -0.39 is 6.03 Å². The number of likely N-dealkylation sites (tertiary alicyclic amines) is 1. The first-order valence-corrected chi connectivity index (χ1v) is 7.03. The molecule has 5 heteroatoms. The van der Waals surface area contributed by atoms with Crippen molar-refractivity contribution in [2.45, 2.75) is 45.1 Å². The van der Waals surface area contributed by atoms with Gasteiger partial charge in [0.25, 0.3) is 5.91 Å². The monoisotopic (exact) mass is 254 g/mol. The number of urea groups is 1. The summed E-state index contributed by atoms with van der Waals surface area (Å²) in [5.74, 6) is 1.40. The lowest BCUT2D eigenvalue weighted by Gasteiger charge is -2.40. The first-order valence-electron chi connectivity index (χ1n) is 7.03. The van der Waals surface area contributed by atoms with Crippen LogP contribution in [0.15, 0.2) is 0 Å². The van der Waals surface area contributed by atoms with Crippen molar-refractivity contribution in [3.8, 4) is 0 Å². The number of carbonyl (C=O) groups is 2. The molecule has 1 aliphatic heterocycles. The Morgan fingerprint density at radius 3 is 2.56 bits per heavy atom. The molecule has 4 atom stereocenters. The quantitative estimate of drug-likeness (QED) is 0.631. The van der Waals surface area contributed by atoms with Crippen LogP contribution in [0.1, 0.15) is 39.0 Å². The van der Waals surface area contributed by atoms with Crippen molar-refractivity contribution in [2.75, 3.05) is 13.1 Å². The predicted octanol–water partition coefficient (Wildman–Crippen LogP) is -0.335. The maximum atomic E-state index is 11.8. The van der Waals surface area contributed by atoms with Gasteiger partial charge >= 0.3 is 6.03 Å². The molecule has 0 aromatic rings. The molecule has 0 radical (unpaired) electrons. The van der Waals surface area contributed by atoms with Crippen LogP contribution in [0, 0.1) is 11.8 Å². The molecule has 1 aliphatic carbocycles. The van der Waals surface area contributed by atoms with Gasteiger partial charge in [-0.05, 0) is 32.1 Å². The molecule has 2 fully saturated rings. The van der Waals surface area contributed by atoms with E-state index in [0.717, 1.165) is 24.9 Å². The van der Waals surface area contributed by atoms with Crippen LogP contribution in [-0.4, -0.2) is 31.1 Å². The Bertz CT molecular complexity index is 332. The van der Waals surface area contributed by atoms with E-state index >= 15 is 0 Å². The van der Waals surface area contributed by atoms with E-state index in [1.807, 2.05) is 6.92 Å². The smallest absolute Gasteiger partial charge is 0.319 e. The zero-order chi connectivity index (χ0) is 13.1. The second kappa shape index (κ2) is 5.69. The van der Waals surface area contributed by atoms with Gasteiger partial charge in [-0.15, -0.1) is 0 Å². The van der Waals surface area contributed by atoms with Crippen LogP contribution in [-0.2, 0) is 4.79 Å². The van der Waals surface area contributed by atoms with Crippen LogP contribution in [0.4, 0.5) is 4.79 Å². The Hall–Kier alpha value is -1.10. The summed E-state index contributed by atoms with van der Waals surface area (Å²) in [4.78, 5) is 23.8. The summed E-state index contributed by atoms with van der Waals surface area (Å²) in [7, 11) is 0. The summed E-state index contributed by atoms with van der Waals surface area (Å²) >= 11 is 0. The molecule has 0 aromatic heterocycles. The van der Waals surface area contributed by atoms with E-state index in [9.17, 15) is 9.59 Å². The van der Waals surface area contributed by atoms with Crippen molar-refractivity contribution in [1.82, 2.24) is 5.32 Å². The third-order valence-electron chi connectivity index (χ3n) is 4.68. The van der Waals surface area contributed by atoms with E-state index in [1.54, 1.807) is 0 Å². The third kappa shape index (κ3) is 3.02. The van der Waals surface area contributed by atoms with Crippen molar-refractivity contribution in [3.63, 3.8) is 0 Å². The highest BCUT2D eigenvalue weighted by Gasteiger charge is 2.37. The Morgan fingerprint density at radius 1 is 1.22 bits per heavy atom. The van der Waals surface area contributed by atoms with Crippen molar-refractivity contribution in [2.24, 2.45) is 17.6 Å². The van der Waals surface area contributed by atoms with E-state index in [1.165, 1.54) is 37.0 Å². The summed E-state index contributed by atoms with van der Waals surface area (Å²) in [6.45, 7) is 3.99. The highest BCUT2D eigenvalue weighted by molar-refractivity contribution is 5.95. The fourth-order valence-electron chi connectivity index (χ4n) is 3.55. The molecule has 5 nitrogen and oxygen atoms in total. The molecular formula is C13H24N3O2+. The lowest BCUT2D eigenvalue weighted by atomic mass is 9.75. The fourth-order valence-corrected chi connectivity index (χ4v) is 3.55. The number of primary amides is 1. The number of hydrogen-bond acceptors (Lipinski definition) is 2. The van der Waals surface area contributed by atoms with Crippen molar-refractivity contribution >= 4 is 11.9 Å². The highest BCUT2D eigenvalue weighted by Crippen LogP contribution is 2.32. The molecule has 0 bridgehead atoms. The zero-order valence-electron chi connectivity index (χ0n) is 11.1. The molecule has 1 heterocycles. The maximum absolute atomic E-state index is 11.8. The minimum atomic E-state index is -0.751. The second-order valence-corrected chi connectivity index (χ2v) is 5.78. The zero-order valence-corrected chi connectivity index (χ0v) is 11.1. The van der Waals surface area contributed by atoms with Gasteiger partial charge in [0, 0.05) is 5.92 Å². The highest BCUT2D eigenvalue weighted by atomic mass is 16.2. The van der Waals surface area contributed by atoms with Gasteiger partial charge in [-0.3, -0.25) is 10.1 Å². The van der Waals surface area contributed by atoms with Gasteiger partial charge < -0.3 is 10.6 Å². The van der Waals surface area contributed by atoms with E-state index in [2.05, 4.69) is 5.32 Å². The number of nitrogens with two attached hydrogens (primary N) is 1. The van der Waals surface area contributed by atoms with Crippen molar-refractivity contribution in [3.05, 3.63) is 0 Å². The molecule has 0 aromatic carbocycles. The number of amides is 3. The van der Waals surface area contributed by atoms with Crippen molar-refractivity contribution in [1.29, 1.82) is 0 Å².